The Labute approximate surface area is 117 Å². The van der Waals surface area contributed by atoms with Crippen molar-refractivity contribution in [2.45, 2.75) is 45.3 Å². The summed E-state index contributed by atoms with van der Waals surface area (Å²) in [6, 6.07) is 0.194. The fourth-order valence-electron chi connectivity index (χ4n) is 2.57. The van der Waals surface area contributed by atoms with E-state index in [1.807, 2.05) is 13.1 Å². The molecule has 0 saturated heterocycles. The molecular weight excluding hydrogens is 256 g/mol. The van der Waals surface area contributed by atoms with E-state index in [2.05, 4.69) is 25.0 Å². The van der Waals surface area contributed by atoms with Crippen LogP contribution in [0.25, 0.3) is 0 Å². The number of carbonyl (C=O) groups excluding carboxylic acids is 1. The minimum Gasteiger partial charge on any atom is -0.352 e. The second kappa shape index (κ2) is 5.44. The Morgan fingerprint density at radius 3 is 3.25 bits per heavy atom. The molecule has 1 aliphatic rings. The second-order valence-electron chi connectivity index (χ2n) is 5.16. The van der Waals surface area contributed by atoms with Crippen LogP contribution >= 0.6 is 0 Å². The van der Waals surface area contributed by atoms with E-state index in [1.165, 1.54) is 6.33 Å². The van der Waals surface area contributed by atoms with Crippen molar-refractivity contribution < 1.29 is 4.79 Å². The predicted molar refractivity (Wildman–Crippen MR) is 71.9 cm³/mol. The van der Waals surface area contributed by atoms with E-state index in [9.17, 15) is 4.79 Å². The molecular formula is C13H18N6O. The number of fused-ring (bicyclic) bond motifs is 1. The highest BCUT2D eigenvalue weighted by Crippen LogP contribution is 2.15. The van der Waals surface area contributed by atoms with Gasteiger partial charge in [-0.05, 0) is 13.3 Å². The minimum atomic E-state index is 0.0609. The quantitative estimate of drug-likeness (QED) is 0.870. The highest BCUT2D eigenvalue weighted by Gasteiger charge is 2.20. The lowest BCUT2D eigenvalue weighted by molar-refractivity contribution is -0.122. The Morgan fingerprint density at radius 1 is 1.55 bits per heavy atom. The number of carbonyl (C=O) groups is 1. The molecule has 20 heavy (non-hydrogen) atoms. The largest absolute Gasteiger partial charge is 0.352 e. The third-order valence-corrected chi connectivity index (χ3v) is 3.51. The molecule has 2 aromatic heterocycles. The molecule has 0 unspecified atom stereocenters. The van der Waals surface area contributed by atoms with Gasteiger partial charge < -0.3 is 9.88 Å². The van der Waals surface area contributed by atoms with Crippen LogP contribution in [0.4, 0.5) is 0 Å². The molecule has 7 heteroatoms. The summed E-state index contributed by atoms with van der Waals surface area (Å²) in [5.74, 6) is 1.18. The Balaban J connectivity index is 1.50. The van der Waals surface area contributed by atoms with Crippen LogP contribution in [0.2, 0.25) is 0 Å². The standard InChI is InChI=1S/C13H18N6O/c1-10-6-18-7-11(2-3-12(18)16-10)17-13(20)4-5-19-9-14-8-15-19/h6,8-9,11H,2-5,7H2,1H3,(H,17,20)/t11-/m1/s1. The van der Waals surface area contributed by atoms with Crippen molar-refractivity contribution in [2.75, 3.05) is 0 Å². The molecule has 3 heterocycles. The molecule has 0 spiro atoms. The number of aryl methyl sites for hydroxylation is 3. The number of imidazole rings is 1. The maximum Gasteiger partial charge on any atom is 0.222 e. The first kappa shape index (κ1) is 12.8. The van der Waals surface area contributed by atoms with Crippen molar-refractivity contribution in [1.29, 1.82) is 0 Å². The van der Waals surface area contributed by atoms with Crippen LogP contribution < -0.4 is 5.32 Å². The molecule has 0 aromatic carbocycles. The highest BCUT2D eigenvalue weighted by atomic mass is 16.1. The summed E-state index contributed by atoms with van der Waals surface area (Å²) in [6.45, 7) is 3.37. The molecule has 0 aliphatic carbocycles. The lowest BCUT2D eigenvalue weighted by Gasteiger charge is -2.24. The van der Waals surface area contributed by atoms with Gasteiger partial charge in [0, 0.05) is 31.6 Å². The van der Waals surface area contributed by atoms with Gasteiger partial charge in [-0.2, -0.15) is 5.10 Å². The normalized spacial score (nSPS) is 17.8. The minimum absolute atomic E-state index is 0.0609. The summed E-state index contributed by atoms with van der Waals surface area (Å²) in [7, 11) is 0. The van der Waals surface area contributed by atoms with Gasteiger partial charge in [0.1, 0.15) is 18.5 Å². The van der Waals surface area contributed by atoms with Gasteiger partial charge in [0.25, 0.3) is 0 Å². The third-order valence-electron chi connectivity index (χ3n) is 3.51. The van der Waals surface area contributed by atoms with E-state index in [-0.39, 0.29) is 11.9 Å². The number of hydrogen-bond donors (Lipinski definition) is 1. The molecule has 2 aromatic rings. The zero-order valence-corrected chi connectivity index (χ0v) is 11.5. The summed E-state index contributed by atoms with van der Waals surface area (Å²) in [6.07, 6.45) is 7.43. The summed E-state index contributed by atoms with van der Waals surface area (Å²) < 4.78 is 3.80. The molecule has 1 amide bonds. The van der Waals surface area contributed by atoms with Gasteiger partial charge in [-0.25, -0.2) is 9.97 Å². The van der Waals surface area contributed by atoms with Gasteiger partial charge in [0.2, 0.25) is 5.91 Å². The number of rotatable bonds is 4. The summed E-state index contributed by atoms with van der Waals surface area (Å²) in [5, 5.41) is 7.06. The zero-order chi connectivity index (χ0) is 13.9. The van der Waals surface area contributed by atoms with Crippen molar-refractivity contribution >= 4 is 5.91 Å². The third kappa shape index (κ3) is 2.87. The van der Waals surface area contributed by atoms with E-state index < -0.39 is 0 Å². The molecule has 0 fully saturated rings. The molecule has 1 N–H and O–H groups in total. The molecule has 3 rings (SSSR count). The number of nitrogens with one attached hydrogen (secondary N) is 1. The smallest absolute Gasteiger partial charge is 0.222 e. The van der Waals surface area contributed by atoms with Crippen LogP contribution in [0.1, 0.15) is 24.4 Å². The number of nitrogens with zero attached hydrogens (tertiary/aromatic N) is 5. The molecule has 0 saturated carbocycles. The van der Waals surface area contributed by atoms with Gasteiger partial charge in [-0.15, -0.1) is 0 Å². The first-order chi connectivity index (χ1) is 9.70. The summed E-state index contributed by atoms with van der Waals surface area (Å²) >= 11 is 0. The summed E-state index contributed by atoms with van der Waals surface area (Å²) in [5.41, 5.74) is 1.04. The molecule has 0 radical (unpaired) electrons. The van der Waals surface area contributed by atoms with Gasteiger partial charge in [-0.1, -0.05) is 0 Å². The van der Waals surface area contributed by atoms with Gasteiger partial charge in [0.15, 0.2) is 0 Å². The van der Waals surface area contributed by atoms with Crippen LogP contribution in [-0.4, -0.2) is 36.3 Å². The maximum absolute atomic E-state index is 11.9. The number of hydrogen-bond acceptors (Lipinski definition) is 4. The van der Waals surface area contributed by atoms with E-state index in [1.54, 1.807) is 11.0 Å². The van der Waals surface area contributed by atoms with E-state index in [4.69, 9.17) is 0 Å². The summed E-state index contributed by atoms with van der Waals surface area (Å²) in [4.78, 5) is 20.2. The Morgan fingerprint density at radius 2 is 2.45 bits per heavy atom. The van der Waals surface area contributed by atoms with Crippen LogP contribution in [0.15, 0.2) is 18.9 Å². The molecule has 0 bridgehead atoms. The Hall–Kier alpha value is -2.18. The van der Waals surface area contributed by atoms with Crippen molar-refractivity contribution in [1.82, 2.24) is 29.6 Å². The Kier molecular flexibility index (Phi) is 3.49. The van der Waals surface area contributed by atoms with Crippen molar-refractivity contribution in [3.05, 3.63) is 30.4 Å². The number of aromatic nitrogens is 5. The van der Waals surface area contributed by atoms with E-state index in [0.29, 0.717) is 13.0 Å². The number of amides is 1. The topological polar surface area (TPSA) is 77.6 Å². The first-order valence-electron chi connectivity index (χ1n) is 6.85. The van der Waals surface area contributed by atoms with E-state index in [0.717, 1.165) is 30.9 Å². The van der Waals surface area contributed by atoms with E-state index >= 15 is 0 Å². The lowest BCUT2D eigenvalue weighted by Crippen LogP contribution is -2.41. The van der Waals surface area contributed by atoms with Crippen LogP contribution in [0.5, 0.6) is 0 Å². The maximum atomic E-state index is 11.9. The van der Waals surface area contributed by atoms with Crippen molar-refractivity contribution in [3.63, 3.8) is 0 Å². The fourth-order valence-corrected chi connectivity index (χ4v) is 2.57. The van der Waals surface area contributed by atoms with Crippen LogP contribution in [0, 0.1) is 6.92 Å². The monoisotopic (exact) mass is 274 g/mol. The molecule has 106 valence electrons. The van der Waals surface area contributed by atoms with Crippen LogP contribution in [-0.2, 0) is 24.3 Å². The molecule has 7 nitrogen and oxygen atoms in total. The van der Waals surface area contributed by atoms with Gasteiger partial charge in [-0.3, -0.25) is 9.48 Å². The zero-order valence-electron chi connectivity index (χ0n) is 11.5. The van der Waals surface area contributed by atoms with Gasteiger partial charge in [0.05, 0.1) is 12.2 Å². The van der Waals surface area contributed by atoms with Gasteiger partial charge >= 0.3 is 0 Å². The van der Waals surface area contributed by atoms with Crippen molar-refractivity contribution in [3.8, 4) is 0 Å². The SMILES string of the molecule is Cc1cn2c(n1)CC[C@@H](NC(=O)CCn1cncn1)C2. The average molecular weight is 274 g/mol. The first-order valence-corrected chi connectivity index (χ1v) is 6.85. The Bertz CT molecular complexity index is 588. The fraction of sp³-hybridized carbons (Fsp3) is 0.538. The lowest BCUT2D eigenvalue weighted by atomic mass is 10.1. The molecule has 1 atom stereocenters. The average Bonchev–Trinajstić information content (AvgIpc) is 3.04. The molecule has 1 aliphatic heterocycles. The second-order valence-corrected chi connectivity index (χ2v) is 5.16. The van der Waals surface area contributed by atoms with Crippen LogP contribution in [0.3, 0.4) is 0 Å². The predicted octanol–water partition coefficient (Wildman–Crippen LogP) is 0.304. The van der Waals surface area contributed by atoms with Crippen molar-refractivity contribution in [2.24, 2.45) is 0 Å². The highest BCUT2D eigenvalue weighted by molar-refractivity contribution is 5.76.